The molecule has 0 radical (unpaired) electrons. The van der Waals surface area contributed by atoms with Crippen molar-refractivity contribution in [3.05, 3.63) is 65.7 Å². The maximum atomic E-state index is 11.0. The van der Waals surface area contributed by atoms with E-state index in [9.17, 15) is 15.3 Å². The molecule has 1 aliphatic rings. The lowest BCUT2D eigenvalue weighted by Gasteiger charge is -2.38. The molecule has 0 aliphatic carbocycles. The van der Waals surface area contributed by atoms with Crippen LogP contribution in [0.1, 0.15) is 76.2 Å². The van der Waals surface area contributed by atoms with E-state index in [2.05, 4.69) is 30.9 Å². The van der Waals surface area contributed by atoms with Crippen molar-refractivity contribution in [3.8, 4) is 5.75 Å². The predicted octanol–water partition coefficient (Wildman–Crippen LogP) is 4.88. The Labute approximate surface area is 234 Å². The van der Waals surface area contributed by atoms with Gasteiger partial charge in [0.25, 0.3) is 0 Å². The fraction of sp³-hybridized carbons (Fsp3) is 0.625. The Morgan fingerprint density at radius 1 is 0.897 bits per heavy atom. The van der Waals surface area contributed by atoms with E-state index in [0.29, 0.717) is 13.2 Å². The van der Waals surface area contributed by atoms with Crippen LogP contribution in [0.2, 0.25) is 0 Å². The zero-order valence-corrected chi connectivity index (χ0v) is 23.8. The summed E-state index contributed by atoms with van der Waals surface area (Å²) in [7, 11) is 0. The smallest absolute Gasteiger partial charge is 0.184 e. The third kappa shape index (κ3) is 10.8. The van der Waals surface area contributed by atoms with E-state index in [1.165, 1.54) is 31.2 Å². The number of aryl methyl sites for hydroxylation is 1. The zero-order valence-electron chi connectivity index (χ0n) is 23.8. The average Bonchev–Trinajstić information content (AvgIpc) is 2.96. The number of hydrogen-bond donors (Lipinski definition) is 3. The Balaban J connectivity index is 1.52. The molecular weight excluding hydrogens is 494 g/mol. The topological polar surface area (TPSA) is 91.6 Å². The number of rotatable bonds is 18. The van der Waals surface area contributed by atoms with Gasteiger partial charge in [-0.05, 0) is 43.5 Å². The van der Waals surface area contributed by atoms with Crippen LogP contribution in [0.15, 0.2) is 54.6 Å². The van der Waals surface area contributed by atoms with Crippen LogP contribution in [0, 0.1) is 0 Å². The molecule has 0 saturated carbocycles. The number of hydrogen-bond acceptors (Lipinski definition) is 7. The Kier molecular flexibility index (Phi) is 14.3. The van der Waals surface area contributed by atoms with Crippen LogP contribution in [0.4, 0.5) is 0 Å². The van der Waals surface area contributed by atoms with Gasteiger partial charge in [-0.1, -0.05) is 88.4 Å². The Bertz CT molecular complexity index is 895. The molecule has 1 fully saturated rings. The van der Waals surface area contributed by atoms with Gasteiger partial charge in [0.05, 0.1) is 12.7 Å². The highest BCUT2D eigenvalue weighted by Gasteiger charge is 2.39. The van der Waals surface area contributed by atoms with E-state index in [1.54, 1.807) is 0 Å². The van der Waals surface area contributed by atoms with Crippen LogP contribution < -0.4 is 4.74 Å². The lowest BCUT2D eigenvalue weighted by molar-refractivity contribution is -0.283. The first-order valence-corrected chi connectivity index (χ1v) is 14.8. The van der Waals surface area contributed by atoms with Gasteiger partial charge < -0.3 is 29.5 Å². The van der Waals surface area contributed by atoms with Crippen molar-refractivity contribution in [1.82, 2.24) is 4.90 Å². The van der Waals surface area contributed by atoms with Crippen molar-refractivity contribution in [2.45, 2.75) is 95.9 Å². The van der Waals surface area contributed by atoms with E-state index in [-0.39, 0.29) is 13.2 Å². The van der Waals surface area contributed by atoms with Crippen LogP contribution in [0.3, 0.4) is 0 Å². The van der Waals surface area contributed by atoms with Gasteiger partial charge in [0.2, 0.25) is 0 Å². The van der Waals surface area contributed by atoms with E-state index in [1.807, 2.05) is 42.5 Å². The zero-order chi connectivity index (χ0) is 27.9. The number of ether oxygens (including phenoxy) is 3. The molecule has 2 aromatic carbocycles. The third-order valence-corrected chi connectivity index (χ3v) is 7.32. The van der Waals surface area contributed by atoms with Crippen molar-refractivity contribution in [2.24, 2.45) is 0 Å². The molecule has 0 bridgehead atoms. The molecule has 218 valence electrons. The van der Waals surface area contributed by atoms with Gasteiger partial charge in [0.15, 0.2) is 6.29 Å². The second-order valence-electron chi connectivity index (χ2n) is 10.6. The summed E-state index contributed by atoms with van der Waals surface area (Å²) in [6, 6.07) is 17.7. The molecule has 39 heavy (non-hydrogen) atoms. The summed E-state index contributed by atoms with van der Waals surface area (Å²) < 4.78 is 17.6. The maximum absolute atomic E-state index is 11.0. The third-order valence-electron chi connectivity index (χ3n) is 7.32. The highest BCUT2D eigenvalue weighted by molar-refractivity contribution is 5.27. The molecule has 2 aromatic rings. The molecule has 3 N–H and O–H groups in total. The van der Waals surface area contributed by atoms with Crippen LogP contribution in [-0.4, -0.2) is 77.5 Å². The van der Waals surface area contributed by atoms with Gasteiger partial charge in [0, 0.05) is 18.7 Å². The van der Waals surface area contributed by atoms with Crippen molar-refractivity contribution in [2.75, 3.05) is 32.8 Å². The minimum Gasteiger partial charge on any atom is -0.492 e. The van der Waals surface area contributed by atoms with Gasteiger partial charge in [-0.2, -0.15) is 0 Å². The molecule has 5 atom stereocenters. The van der Waals surface area contributed by atoms with Gasteiger partial charge in [-0.15, -0.1) is 0 Å². The monoisotopic (exact) mass is 543 g/mol. The van der Waals surface area contributed by atoms with E-state index >= 15 is 0 Å². The Morgan fingerprint density at radius 3 is 2.33 bits per heavy atom. The van der Waals surface area contributed by atoms with E-state index < -0.39 is 30.7 Å². The second kappa shape index (κ2) is 17.6. The van der Waals surface area contributed by atoms with Crippen molar-refractivity contribution >= 4 is 0 Å². The van der Waals surface area contributed by atoms with Crippen LogP contribution >= 0.6 is 0 Å². The van der Waals surface area contributed by atoms with Crippen LogP contribution in [0.25, 0.3) is 0 Å². The molecule has 0 aromatic heterocycles. The van der Waals surface area contributed by atoms with Gasteiger partial charge in [-0.25, -0.2) is 0 Å². The largest absolute Gasteiger partial charge is 0.492 e. The predicted molar refractivity (Wildman–Crippen MR) is 154 cm³/mol. The molecule has 0 spiro atoms. The first-order valence-electron chi connectivity index (χ1n) is 14.8. The minimum absolute atomic E-state index is 0.0278. The number of nitrogens with zero attached hydrogens (tertiary/aromatic N) is 1. The van der Waals surface area contributed by atoms with Crippen LogP contribution in [0.5, 0.6) is 5.75 Å². The van der Waals surface area contributed by atoms with Crippen LogP contribution in [-0.2, 0) is 15.9 Å². The molecule has 0 amide bonds. The number of unbranched alkanes of at least 4 members (excludes halogenated alkanes) is 5. The summed E-state index contributed by atoms with van der Waals surface area (Å²) in [4.78, 5) is 2.13. The quantitative estimate of drug-likeness (QED) is 0.231. The minimum atomic E-state index is -1.26. The highest BCUT2D eigenvalue weighted by atomic mass is 16.7. The second-order valence-corrected chi connectivity index (χ2v) is 10.6. The summed E-state index contributed by atoms with van der Waals surface area (Å²) >= 11 is 0. The van der Waals surface area contributed by atoms with Gasteiger partial charge >= 0.3 is 0 Å². The van der Waals surface area contributed by atoms with Crippen molar-refractivity contribution in [3.63, 3.8) is 0 Å². The Hall–Kier alpha value is -2.00. The molecule has 5 unspecified atom stereocenters. The summed E-state index contributed by atoms with van der Waals surface area (Å²) in [5.74, 6) is 0.839. The molecule has 1 aliphatic heterocycles. The standard InChI is InChI=1S/C32H49NO6/c1-3-5-7-12-20-33(21-22-37-27-18-16-25(17-19-27)13-9-6-4-2)23-28(34)30(36)31-29(35)24-38-32(39-31)26-14-10-8-11-15-26/h8,10-11,14-19,28-32,34-36H,3-7,9,12-13,20-24H2,1-2H3. The van der Waals surface area contributed by atoms with E-state index in [4.69, 9.17) is 14.2 Å². The summed E-state index contributed by atoms with van der Waals surface area (Å²) in [6.07, 6.45) is 4.21. The SMILES string of the molecule is CCCCCCN(CCOc1ccc(CCCCC)cc1)CC(O)C(O)C1OC(c2ccccc2)OCC1O. The molecule has 1 saturated heterocycles. The van der Waals surface area contributed by atoms with E-state index in [0.717, 1.165) is 43.5 Å². The van der Waals surface area contributed by atoms with Gasteiger partial charge in [0.1, 0.15) is 30.7 Å². The van der Waals surface area contributed by atoms with Crippen molar-refractivity contribution < 1.29 is 29.5 Å². The molecule has 1 heterocycles. The summed E-state index contributed by atoms with van der Waals surface area (Å²) in [5, 5.41) is 32.5. The van der Waals surface area contributed by atoms with Crippen molar-refractivity contribution in [1.29, 1.82) is 0 Å². The fourth-order valence-electron chi connectivity index (χ4n) is 4.92. The average molecular weight is 544 g/mol. The first-order chi connectivity index (χ1) is 19.0. The lowest BCUT2D eigenvalue weighted by Crippen LogP contribution is -2.54. The molecular formula is C32H49NO6. The number of aliphatic hydroxyl groups excluding tert-OH is 3. The summed E-state index contributed by atoms with van der Waals surface area (Å²) in [5.41, 5.74) is 2.14. The lowest BCUT2D eigenvalue weighted by atomic mass is 10.0. The highest BCUT2D eigenvalue weighted by Crippen LogP contribution is 2.28. The summed E-state index contributed by atoms with van der Waals surface area (Å²) in [6.45, 7) is 6.59. The Morgan fingerprint density at radius 2 is 1.62 bits per heavy atom. The number of benzene rings is 2. The maximum Gasteiger partial charge on any atom is 0.184 e. The molecule has 7 nitrogen and oxygen atoms in total. The van der Waals surface area contributed by atoms with Gasteiger partial charge in [-0.3, -0.25) is 4.90 Å². The fourth-order valence-corrected chi connectivity index (χ4v) is 4.92. The molecule has 7 heteroatoms. The number of aliphatic hydroxyl groups is 3. The first kappa shape index (κ1) is 31.5. The normalized spacial score (nSPS) is 21.1. The molecule has 3 rings (SSSR count).